The minimum absolute atomic E-state index is 0.691. The van der Waals surface area contributed by atoms with Gasteiger partial charge in [-0.25, -0.2) is 0 Å². The standard InChI is InChI=1S/C23H25N5/c1-24-23(27-17-20-9-4-8-19-10-5-13-25-22(19)20)26-14-6-15-28-16-12-18-7-2-3-11-21(18)28/h2-5,7-13,16H,6,14-15,17H2,1H3,(H2,24,26,27). The van der Waals surface area contributed by atoms with Crippen molar-refractivity contribution in [1.82, 2.24) is 20.2 Å². The maximum absolute atomic E-state index is 4.51. The van der Waals surface area contributed by atoms with E-state index in [1.54, 1.807) is 7.05 Å². The van der Waals surface area contributed by atoms with Gasteiger partial charge in [-0.05, 0) is 35.6 Å². The van der Waals surface area contributed by atoms with E-state index in [0.717, 1.165) is 36.4 Å². The Labute approximate surface area is 165 Å². The molecule has 0 bridgehead atoms. The van der Waals surface area contributed by atoms with Crippen molar-refractivity contribution in [2.75, 3.05) is 13.6 Å². The molecule has 28 heavy (non-hydrogen) atoms. The van der Waals surface area contributed by atoms with E-state index in [2.05, 4.69) is 86.0 Å². The fourth-order valence-electron chi connectivity index (χ4n) is 3.50. The zero-order valence-corrected chi connectivity index (χ0v) is 16.1. The van der Waals surface area contributed by atoms with Crippen LogP contribution in [0.5, 0.6) is 0 Å². The van der Waals surface area contributed by atoms with Crippen LogP contribution in [0, 0.1) is 0 Å². The largest absolute Gasteiger partial charge is 0.356 e. The number of aryl methyl sites for hydroxylation is 1. The summed E-state index contributed by atoms with van der Waals surface area (Å²) in [5.74, 6) is 0.810. The predicted molar refractivity (Wildman–Crippen MR) is 116 cm³/mol. The van der Waals surface area contributed by atoms with Crippen LogP contribution in [-0.2, 0) is 13.1 Å². The van der Waals surface area contributed by atoms with Gasteiger partial charge in [0.05, 0.1) is 5.52 Å². The summed E-state index contributed by atoms with van der Waals surface area (Å²) >= 11 is 0. The summed E-state index contributed by atoms with van der Waals surface area (Å²) < 4.78 is 2.30. The molecule has 0 aliphatic carbocycles. The summed E-state index contributed by atoms with van der Waals surface area (Å²) in [6, 6.07) is 21.0. The molecule has 0 saturated carbocycles. The van der Waals surface area contributed by atoms with Gasteiger partial charge < -0.3 is 15.2 Å². The van der Waals surface area contributed by atoms with Crippen LogP contribution in [0.1, 0.15) is 12.0 Å². The molecule has 0 fully saturated rings. The molecule has 0 aliphatic rings. The summed E-state index contributed by atoms with van der Waals surface area (Å²) in [7, 11) is 1.80. The van der Waals surface area contributed by atoms with E-state index in [1.807, 2.05) is 12.3 Å². The van der Waals surface area contributed by atoms with E-state index in [4.69, 9.17) is 0 Å². The molecule has 2 aromatic heterocycles. The van der Waals surface area contributed by atoms with Gasteiger partial charge in [0.25, 0.3) is 0 Å². The van der Waals surface area contributed by atoms with E-state index in [1.165, 1.54) is 16.5 Å². The zero-order valence-electron chi connectivity index (χ0n) is 16.1. The Hall–Kier alpha value is -3.34. The van der Waals surface area contributed by atoms with E-state index in [9.17, 15) is 0 Å². The average Bonchev–Trinajstić information content (AvgIpc) is 3.16. The Bertz CT molecular complexity index is 1090. The lowest BCUT2D eigenvalue weighted by molar-refractivity contribution is 0.641. The lowest BCUT2D eigenvalue weighted by Gasteiger charge is -2.13. The molecule has 0 aliphatic heterocycles. The Morgan fingerprint density at radius 3 is 2.75 bits per heavy atom. The van der Waals surface area contributed by atoms with Crippen LogP contribution >= 0.6 is 0 Å². The number of nitrogens with zero attached hydrogens (tertiary/aromatic N) is 3. The number of hydrogen-bond donors (Lipinski definition) is 2. The molecule has 142 valence electrons. The average molecular weight is 371 g/mol. The zero-order chi connectivity index (χ0) is 19.2. The van der Waals surface area contributed by atoms with Gasteiger partial charge in [0, 0.05) is 50.0 Å². The molecular formula is C23H25N5. The number of para-hydroxylation sites is 2. The van der Waals surface area contributed by atoms with Crippen molar-refractivity contribution < 1.29 is 0 Å². The second-order valence-corrected chi connectivity index (χ2v) is 6.77. The highest BCUT2D eigenvalue weighted by atomic mass is 15.2. The topological polar surface area (TPSA) is 54.2 Å². The Morgan fingerprint density at radius 1 is 0.964 bits per heavy atom. The molecule has 2 heterocycles. The first-order chi connectivity index (χ1) is 13.8. The van der Waals surface area contributed by atoms with Crippen LogP contribution in [0.3, 0.4) is 0 Å². The van der Waals surface area contributed by atoms with Crippen molar-refractivity contribution >= 4 is 27.8 Å². The monoisotopic (exact) mass is 371 g/mol. The lowest BCUT2D eigenvalue weighted by Crippen LogP contribution is -2.37. The number of guanidine groups is 1. The van der Waals surface area contributed by atoms with Crippen molar-refractivity contribution in [3.8, 4) is 0 Å². The van der Waals surface area contributed by atoms with E-state index >= 15 is 0 Å². The smallest absolute Gasteiger partial charge is 0.191 e. The molecule has 5 heteroatoms. The highest BCUT2D eigenvalue weighted by Crippen LogP contribution is 2.16. The summed E-state index contributed by atoms with van der Waals surface area (Å²) in [5.41, 5.74) is 3.49. The molecule has 2 N–H and O–H groups in total. The normalized spacial score (nSPS) is 11.8. The fraction of sp³-hybridized carbons (Fsp3) is 0.217. The number of fused-ring (bicyclic) bond motifs is 2. The van der Waals surface area contributed by atoms with Crippen molar-refractivity contribution in [3.05, 3.63) is 78.6 Å². The lowest BCUT2D eigenvalue weighted by atomic mass is 10.1. The highest BCUT2D eigenvalue weighted by molar-refractivity contribution is 5.83. The Balaban J connectivity index is 1.29. The van der Waals surface area contributed by atoms with Crippen molar-refractivity contribution in [2.24, 2.45) is 4.99 Å². The van der Waals surface area contributed by atoms with Gasteiger partial charge in [-0.1, -0.05) is 42.5 Å². The van der Waals surface area contributed by atoms with Crippen molar-refractivity contribution in [1.29, 1.82) is 0 Å². The van der Waals surface area contributed by atoms with Gasteiger partial charge in [-0.3, -0.25) is 9.98 Å². The van der Waals surface area contributed by atoms with Crippen LogP contribution < -0.4 is 10.6 Å². The summed E-state index contributed by atoms with van der Waals surface area (Å²) in [4.78, 5) is 8.85. The summed E-state index contributed by atoms with van der Waals surface area (Å²) in [6.45, 7) is 2.53. The molecule has 0 amide bonds. The molecular weight excluding hydrogens is 346 g/mol. The molecule has 0 radical (unpaired) electrons. The Morgan fingerprint density at radius 2 is 1.82 bits per heavy atom. The van der Waals surface area contributed by atoms with Gasteiger partial charge >= 0.3 is 0 Å². The number of aliphatic imine (C=N–C) groups is 1. The molecule has 0 atom stereocenters. The van der Waals surface area contributed by atoms with E-state index in [-0.39, 0.29) is 0 Å². The molecule has 0 saturated heterocycles. The Kier molecular flexibility index (Phi) is 5.52. The van der Waals surface area contributed by atoms with Crippen molar-refractivity contribution in [2.45, 2.75) is 19.5 Å². The van der Waals surface area contributed by atoms with Crippen LogP contribution in [-0.4, -0.2) is 29.1 Å². The van der Waals surface area contributed by atoms with Crippen LogP contribution in [0.4, 0.5) is 0 Å². The number of hydrogen-bond acceptors (Lipinski definition) is 2. The SMILES string of the molecule is CN=C(NCCCn1ccc2ccccc21)NCc1cccc2cccnc12. The first kappa shape index (κ1) is 18.0. The minimum Gasteiger partial charge on any atom is -0.356 e. The second kappa shape index (κ2) is 8.57. The van der Waals surface area contributed by atoms with Crippen LogP contribution in [0.2, 0.25) is 0 Å². The van der Waals surface area contributed by atoms with Gasteiger partial charge in [0.15, 0.2) is 5.96 Å². The van der Waals surface area contributed by atoms with Gasteiger partial charge in [0.2, 0.25) is 0 Å². The number of rotatable bonds is 6. The predicted octanol–water partition coefficient (Wildman–Crippen LogP) is 3.94. The fourth-order valence-corrected chi connectivity index (χ4v) is 3.50. The number of aromatic nitrogens is 2. The third-order valence-electron chi connectivity index (χ3n) is 4.93. The molecule has 5 nitrogen and oxygen atoms in total. The summed E-state index contributed by atoms with van der Waals surface area (Å²) in [6.07, 6.45) is 5.02. The second-order valence-electron chi connectivity index (χ2n) is 6.77. The summed E-state index contributed by atoms with van der Waals surface area (Å²) in [5, 5.41) is 9.24. The van der Waals surface area contributed by atoms with Gasteiger partial charge in [0.1, 0.15) is 0 Å². The first-order valence-electron chi connectivity index (χ1n) is 9.66. The van der Waals surface area contributed by atoms with Crippen molar-refractivity contribution in [3.63, 3.8) is 0 Å². The maximum Gasteiger partial charge on any atom is 0.191 e. The van der Waals surface area contributed by atoms with E-state index in [0.29, 0.717) is 6.54 Å². The maximum atomic E-state index is 4.51. The van der Waals surface area contributed by atoms with E-state index < -0.39 is 0 Å². The minimum atomic E-state index is 0.691. The molecule has 0 spiro atoms. The van der Waals surface area contributed by atoms with Gasteiger partial charge in [-0.2, -0.15) is 0 Å². The quantitative estimate of drug-likeness (QED) is 0.307. The highest BCUT2D eigenvalue weighted by Gasteiger charge is 2.04. The molecule has 4 rings (SSSR count). The first-order valence-corrected chi connectivity index (χ1v) is 9.66. The van der Waals surface area contributed by atoms with Crippen LogP contribution in [0.15, 0.2) is 78.0 Å². The molecule has 4 aromatic rings. The number of benzene rings is 2. The third-order valence-corrected chi connectivity index (χ3v) is 4.93. The number of nitrogens with one attached hydrogen (secondary N) is 2. The molecule has 0 unspecified atom stereocenters. The number of pyridine rings is 1. The van der Waals surface area contributed by atoms with Crippen LogP contribution in [0.25, 0.3) is 21.8 Å². The molecule has 2 aromatic carbocycles. The third kappa shape index (κ3) is 3.98. The van der Waals surface area contributed by atoms with Gasteiger partial charge in [-0.15, -0.1) is 0 Å².